The van der Waals surface area contributed by atoms with Gasteiger partial charge in [0.15, 0.2) is 6.10 Å². The summed E-state index contributed by atoms with van der Waals surface area (Å²) in [5.74, 6) is -1.95. The second-order valence-electron chi connectivity index (χ2n) is 3.98. The van der Waals surface area contributed by atoms with E-state index >= 15 is 0 Å². The molecule has 1 aromatic carbocycles. The first-order chi connectivity index (χ1) is 9.40. The third kappa shape index (κ3) is 3.45. The maximum Gasteiger partial charge on any atom is 0.267 e. The van der Waals surface area contributed by atoms with Crippen molar-refractivity contribution in [1.82, 2.24) is 4.72 Å². The van der Waals surface area contributed by atoms with Crippen LogP contribution in [0.25, 0.3) is 0 Å². The molecular formula is C11H11ClFNO5S. The number of benzene rings is 1. The van der Waals surface area contributed by atoms with Gasteiger partial charge in [-0.2, -0.15) is 0 Å². The maximum absolute atomic E-state index is 13.6. The first kappa shape index (κ1) is 15.2. The number of halogens is 2. The van der Waals surface area contributed by atoms with Gasteiger partial charge in [-0.1, -0.05) is 11.6 Å². The highest BCUT2D eigenvalue weighted by Crippen LogP contribution is 2.19. The van der Waals surface area contributed by atoms with Gasteiger partial charge in [-0.25, -0.2) is 17.5 Å². The smallest absolute Gasteiger partial charge is 0.267 e. The van der Waals surface area contributed by atoms with Gasteiger partial charge in [0, 0.05) is 5.02 Å². The van der Waals surface area contributed by atoms with Gasteiger partial charge >= 0.3 is 0 Å². The zero-order valence-corrected chi connectivity index (χ0v) is 11.7. The van der Waals surface area contributed by atoms with E-state index in [1.807, 2.05) is 0 Å². The second-order valence-corrected chi connectivity index (χ2v) is 6.07. The molecule has 1 N–H and O–H groups in total. The number of carbonyl (C=O) groups is 1. The minimum Gasteiger partial charge on any atom is -0.376 e. The average molecular weight is 324 g/mol. The molecule has 0 bridgehead atoms. The van der Waals surface area contributed by atoms with Crippen molar-refractivity contribution in [1.29, 1.82) is 0 Å². The summed E-state index contributed by atoms with van der Waals surface area (Å²) in [6.07, 6.45) is -1.03. The molecule has 0 saturated carbocycles. The molecule has 9 heteroatoms. The fraction of sp³-hybridized carbons (Fsp3) is 0.364. The van der Waals surface area contributed by atoms with Crippen LogP contribution in [0.4, 0.5) is 4.39 Å². The van der Waals surface area contributed by atoms with E-state index in [0.29, 0.717) is 6.61 Å². The van der Waals surface area contributed by atoms with E-state index in [1.165, 1.54) is 6.07 Å². The summed E-state index contributed by atoms with van der Waals surface area (Å²) in [5, 5.41) is 0.0526. The molecule has 1 saturated heterocycles. The molecule has 1 aromatic rings. The molecule has 6 nitrogen and oxygen atoms in total. The highest BCUT2D eigenvalue weighted by Gasteiger charge is 2.28. The summed E-state index contributed by atoms with van der Waals surface area (Å²) in [6.45, 7) is 0.472. The number of sulfonamides is 1. The highest BCUT2D eigenvalue weighted by atomic mass is 35.5. The van der Waals surface area contributed by atoms with Crippen molar-refractivity contribution in [2.24, 2.45) is 0 Å². The van der Waals surface area contributed by atoms with Gasteiger partial charge in [-0.05, 0) is 18.2 Å². The third-order valence-corrected chi connectivity index (χ3v) is 4.14. The minimum atomic E-state index is -4.33. The molecule has 1 heterocycles. The van der Waals surface area contributed by atoms with Crippen LogP contribution in [-0.2, 0) is 24.3 Å². The third-order valence-electron chi connectivity index (χ3n) is 2.53. The Kier molecular flexibility index (Phi) is 4.59. The molecule has 0 radical (unpaired) electrons. The van der Waals surface area contributed by atoms with Gasteiger partial charge in [-0.15, -0.1) is 0 Å². The Balaban J connectivity index is 2.16. The van der Waals surface area contributed by atoms with Crippen LogP contribution < -0.4 is 4.72 Å². The first-order valence-corrected chi connectivity index (χ1v) is 7.47. The fourth-order valence-corrected chi connectivity index (χ4v) is 2.81. The number of hydrogen-bond acceptors (Lipinski definition) is 5. The number of ether oxygens (including phenoxy) is 2. The van der Waals surface area contributed by atoms with Crippen LogP contribution in [0.1, 0.15) is 0 Å². The lowest BCUT2D eigenvalue weighted by Gasteiger charge is -2.21. The van der Waals surface area contributed by atoms with Crippen molar-refractivity contribution in [2.45, 2.75) is 11.0 Å². The molecule has 0 aliphatic carbocycles. The molecule has 1 aliphatic heterocycles. The Labute approximate surface area is 119 Å². The van der Waals surface area contributed by atoms with E-state index in [2.05, 4.69) is 0 Å². The van der Waals surface area contributed by atoms with Crippen molar-refractivity contribution < 1.29 is 27.1 Å². The lowest BCUT2D eigenvalue weighted by molar-refractivity contribution is -0.145. The van der Waals surface area contributed by atoms with Gasteiger partial charge in [-0.3, -0.25) is 4.79 Å². The maximum atomic E-state index is 13.6. The number of nitrogens with one attached hydrogen (secondary N) is 1. The van der Waals surface area contributed by atoms with Gasteiger partial charge in [0.1, 0.15) is 10.7 Å². The molecule has 0 spiro atoms. The molecule has 1 amide bonds. The molecule has 1 aliphatic rings. The largest absolute Gasteiger partial charge is 0.376 e. The zero-order valence-electron chi connectivity index (χ0n) is 10.1. The quantitative estimate of drug-likeness (QED) is 0.885. The van der Waals surface area contributed by atoms with Crippen molar-refractivity contribution >= 4 is 27.5 Å². The van der Waals surface area contributed by atoms with Crippen LogP contribution in [-0.4, -0.2) is 40.2 Å². The van der Waals surface area contributed by atoms with Crippen LogP contribution in [0.2, 0.25) is 5.02 Å². The predicted octanol–water partition coefficient (Wildman–Crippen LogP) is 0.699. The van der Waals surface area contributed by atoms with E-state index in [4.69, 9.17) is 21.1 Å². The molecule has 2 rings (SSSR count). The molecule has 1 atom stereocenters. The Morgan fingerprint density at radius 2 is 2.15 bits per heavy atom. The Bertz CT molecular complexity index is 615. The van der Waals surface area contributed by atoms with Crippen molar-refractivity contribution in [3.8, 4) is 0 Å². The van der Waals surface area contributed by atoms with Crippen molar-refractivity contribution in [3.63, 3.8) is 0 Å². The Morgan fingerprint density at radius 3 is 2.75 bits per heavy atom. The molecule has 1 unspecified atom stereocenters. The standard InChI is InChI=1S/C11H11ClFNO5S/c12-7-1-2-10(8(13)5-7)20(16,17)14-11(15)9-6-18-3-4-19-9/h1-2,5,9H,3-4,6H2,(H,14,15). The SMILES string of the molecule is O=C(NS(=O)(=O)c1ccc(Cl)cc1F)C1COCCO1. The molecule has 0 aromatic heterocycles. The van der Waals surface area contributed by atoms with Gasteiger partial charge < -0.3 is 9.47 Å². The topological polar surface area (TPSA) is 81.7 Å². The lowest BCUT2D eigenvalue weighted by atomic mass is 10.3. The molecule has 1 fully saturated rings. The summed E-state index contributed by atoms with van der Waals surface area (Å²) < 4.78 is 49.2. The van der Waals surface area contributed by atoms with Crippen LogP contribution in [0.15, 0.2) is 23.1 Å². The van der Waals surface area contributed by atoms with E-state index < -0.39 is 32.7 Å². The van der Waals surface area contributed by atoms with E-state index in [9.17, 15) is 17.6 Å². The van der Waals surface area contributed by atoms with Crippen LogP contribution >= 0.6 is 11.6 Å². The monoisotopic (exact) mass is 323 g/mol. The summed E-state index contributed by atoms with van der Waals surface area (Å²) in [5.41, 5.74) is 0. The van der Waals surface area contributed by atoms with Gasteiger partial charge in [0.05, 0.1) is 19.8 Å². The number of rotatable bonds is 3. The fourth-order valence-electron chi connectivity index (χ4n) is 1.59. The minimum absolute atomic E-state index is 0.0511. The van der Waals surface area contributed by atoms with Gasteiger partial charge in [0.25, 0.3) is 15.9 Å². The van der Waals surface area contributed by atoms with E-state index in [1.54, 1.807) is 4.72 Å². The van der Waals surface area contributed by atoms with Crippen molar-refractivity contribution in [2.75, 3.05) is 19.8 Å². The Morgan fingerprint density at radius 1 is 1.40 bits per heavy atom. The van der Waals surface area contributed by atoms with Crippen LogP contribution in [0.3, 0.4) is 0 Å². The number of hydrogen-bond donors (Lipinski definition) is 1. The van der Waals surface area contributed by atoms with Crippen LogP contribution in [0.5, 0.6) is 0 Å². The number of amides is 1. The zero-order chi connectivity index (χ0) is 14.8. The average Bonchev–Trinajstić information content (AvgIpc) is 2.38. The number of carbonyl (C=O) groups excluding carboxylic acids is 1. The normalized spacial score (nSPS) is 19.6. The summed E-state index contributed by atoms with van der Waals surface area (Å²) >= 11 is 5.54. The molecule has 20 heavy (non-hydrogen) atoms. The van der Waals surface area contributed by atoms with E-state index in [-0.39, 0.29) is 18.2 Å². The molecule has 110 valence electrons. The van der Waals surface area contributed by atoms with E-state index in [0.717, 1.165) is 12.1 Å². The first-order valence-electron chi connectivity index (χ1n) is 5.61. The molecular weight excluding hydrogens is 313 g/mol. The van der Waals surface area contributed by atoms with Gasteiger partial charge in [0.2, 0.25) is 0 Å². The van der Waals surface area contributed by atoms with Crippen LogP contribution in [0, 0.1) is 5.82 Å². The summed E-state index contributed by atoms with van der Waals surface area (Å²) in [6, 6.07) is 3.04. The Hall–Kier alpha value is -1.22. The summed E-state index contributed by atoms with van der Waals surface area (Å²) in [4.78, 5) is 11.1. The predicted molar refractivity (Wildman–Crippen MR) is 67.3 cm³/mol. The lowest BCUT2D eigenvalue weighted by Crippen LogP contribution is -2.45. The second kappa shape index (κ2) is 6.04. The summed E-state index contributed by atoms with van der Waals surface area (Å²) in [7, 11) is -4.33. The van der Waals surface area contributed by atoms with Crippen molar-refractivity contribution in [3.05, 3.63) is 29.0 Å². The highest BCUT2D eigenvalue weighted by molar-refractivity contribution is 7.90.